The normalized spacial score (nSPS) is 11.1. The van der Waals surface area contributed by atoms with Crippen LogP contribution in [0.2, 0.25) is 0 Å². The molecule has 0 fully saturated rings. The molecule has 0 amide bonds. The SMILES string of the molecule is Cn1ncc2c(=O)[nH]c3cc(OCc4ccccc4)c(OCc4ccccc4)cc3c21. The smallest absolute Gasteiger partial charge is 0.259 e. The number of aryl methyl sites for hydroxylation is 1. The Morgan fingerprint density at radius 1 is 0.839 bits per heavy atom. The molecule has 2 heterocycles. The number of nitrogens with one attached hydrogen (secondary N) is 1. The lowest BCUT2D eigenvalue weighted by atomic mass is 10.1. The zero-order valence-corrected chi connectivity index (χ0v) is 17.0. The van der Waals surface area contributed by atoms with Gasteiger partial charge in [0.25, 0.3) is 5.56 Å². The van der Waals surface area contributed by atoms with Crippen LogP contribution in [-0.2, 0) is 20.3 Å². The highest BCUT2D eigenvalue weighted by molar-refractivity contribution is 6.04. The molecule has 3 aromatic carbocycles. The number of fused-ring (bicyclic) bond motifs is 3. The number of ether oxygens (including phenoxy) is 2. The number of nitrogens with zero attached hydrogens (tertiary/aromatic N) is 2. The molecule has 0 saturated carbocycles. The van der Waals surface area contributed by atoms with Gasteiger partial charge >= 0.3 is 0 Å². The van der Waals surface area contributed by atoms with E-state index in [1.807, 2.05) is 79.8 Å². The van der Waals surface area contributed by atoms with Crippen molar-refractivity contribution in [1.29, 1.82) is 0 Å². The van der Waals surface area contributed by atoms with Gasteiger partial charge in [0.15, 0.2) is 11.5 Å². The number of rotatable bonds is 6. The van der Waals surface area contributed by atoms with Gasteiger partial charge < -0.3 is 14.5 Å². The molecule has 1 N–H and O–H groups in total. The summed E-state index contributed by atoms with van der Waals surface area (Å²) in [6.45, 7) is 0.804. The van der Waals surface area contributed by atoms with E-state index < -0.39 is 0 Å². The summed E-state index contributed by atoms with van der Waals surface area (Å²) in [5.74, 6) is 1.19. The maximum Gasteiger partial charge on any atom is 0.259 e. The molecule has 0 bridgehead atoms. The maximum atomic E-state index is 12.5. The monoisotopic (exact) mass is 411 g/mol. The number of benzene rings is 3. The highest BCUT2D eigenvalue weighted by Gasteiger charge is 2.15. The Hall–Kier alpha value is -4.06. The zero-order valence-electron chi connectivity index (χ0n) is 17.0. The van der Waals surface area contributed by atoms with E-state index in [0.29, 0.717) is 35.6 Å². The molecule has 5 rings (SSSR count). The predicted octanol–water partition coefficient (Wildman–Crippen LogP) is 4.57. The third-order valence-corrected chi connectivity index (χ3v) is 5.24. The molecule has 154 valence electrons. The minimum Gasteiger partial charge on any atom is -0.485 e. The number of hydrogen-bond acceptors (Lipinski definition) is 4. The van der Waals surface area contributed by atoms with Crippen LogP contribution in [0.1, 0.15) is 11.1 Å². The van der Waals surface area contributed by atoms with E-state index >= 15 is 0 Å². The molecule has 5 aromatic rings. The Morgan fingerprint density at radius 2 is 1.42 bits per heavy atom. The van der Waals surface area contributed by atoms with Crippen molar-refractivity contribution in [3.05, 3.63) is 100 Å². The second kappa shape index (κ2) is 7.99. The van der Waals surface area contributed by atoms with Gasteiger partial charge in [-0.1, -0.05) is 60.7 Å². The predicted molar refractivity (Wildman–Crippen MR) is 120 cm³/mol. The van der Waals surface area contributed by atoms with Gasteiger partial charge in [-0.15, -0.1) is 0 Å². The van der Waals surface area contributed by atoms with Gasteiger partial charge in [0, 0.05) is 18.5 Å². The zero-order chi connectivity index (χ0) is 21.2. The quantitative estimate of drug-likeness (QED) is 0.444. The first kappa shape index (κ1) is 18.9. The summed E-state index contributed by atoms with van der Waals surface area (Å²) in [4.78, 5) is 15.5. The highest BCUT2D eigenvalue weighted by atomic mass is 16.5. The van der Waals surface area contributed by atoms with Crippen molar-refractivity contribution < 1.29 is 9.47 Å². The topological polar surface area (TPSA) is 69.1 Å². The summed E-state index contributed by atoms with van der Waals surface area (Å²) in [5, 5.41) is 5.65. The van der Waals surface area contributed by atoms with Crippen LogP contribution in [0.4, 0.5) is 0 Å². The van der Waals surface area contributed by atoms with Crippen molar-refractivity contribution in [3.63, 3.8) is 0 Å². The van der Waals surface area contributed by atoms with Gasteiger partial charge in [0.05, 0.1) is 22.6 Å². The standard InChI is InChI=1S/C25H21N3O3/c1-28-24-19-12-22(30-15-17-8-4-2-5-9-17)23(31-16-18-10-6-3-7-11-18)13-21(19)27-25(29)20(24)14-26-28/h2-14H,15-16H2,1H3,(H,27,29). The first-order chi connectivity index (χ1) is 15.2. The average molecular weight is 411 g/mol. The van der Waals surface area contributed by atoms with E-state index in [9.17, 15) is 4.79 Å². The average Bonchev–Trinajstić information content (AvgIpc) is 3.20. The number of H-pyrrole nitrogens is 1. The van der Waals surface area contributed by atoms with Crippen LogP contribution in [0.25, 0.3) is 21.8 Å². The van der Waals surface area contributed by atoms with Crippen LogP contribution < -0.4 is 15.0 Å². The first-order valence-electron chi connectivity index (χ1n) is 10.0. The summed E-state index contributed by atoms with van der Waals surface area (Å²) in [6, 6.07) is 23.6. The van der Waals surface area contributed by atoms with Crippen molar-refractivity contribution in [2.45, 2.75) is 13.2 Å². The summed E-state index contributed by atoms with van der Waals surface area (Å²) >= 11 is 0. The van der Waals surface area contributed by atoms with Crippen LogP contribution >= 0.6 is 0 Å². The fourth-order valence-corrected chi connectivity index (χ4v) is 3.67. The Morgan fingerprint density at radius 3 is 2.03 bits per heavy atom. The Kier molecular flexibility index (Phi) is 4.88. The van der Waals surface area contributed by atoms with Gasteiger partial charge in [-0.2, -0.15) is 5.10 Å². The minimum absolute atomic E-state index is 0.178. The molecular weight excluding hydrogens is 390 g/mol. The second-order valence-electron chi connectivity index (χ2n) is 7.38. The third kappa shape index (κ3) is 3.75. The van der Waals surface area contributed by atoms with Crippen molar-refractivity contribution in [1.82, 2.24) is 14.8 Å². The molecule has 0 saturated heterocycles. The number of aromatic nitrogens is 3. The largest absolute Gasteiger partial charge is 0.485 e. The molecule has 0 atom stereocenters. The van der Waals surface area contributed by atoms with Crippen molar-refractivity contribution in [2.24, 2.45) is 7.05 Å². The fraction of sp³-hybridized carbons (Fsp3) is 0.120. The molecular formula is C25H21N3O3. The molecule has 6 nitrogen and oxygen atoms in total. The van der Waals surface area contributed by atoms with Gasteiger partial charge in [0.1, 0.15) is 13.2 Å². The van der Waals surface area contributed by atoms with E-state index in [4.69, 9.17) is 9.47 Å². The summed E-state index contributed by atoms with van der Waals surface area (Å²) in [7, 11) is 1.82. The number of pyridine rings is 1. The second-order valence-corrected chi connectivity index (χ2v) is 7.38. The third-order valence-electron chi connectivity index (χ3n) is 5.24. The molecule has 6 heteroatoms. The van der Waals surface area contributed by atoms with Gasteiger partial charge in [-0.05, 0) is 17.2 Å². The van der Waals surface area contributed by atoms with Crippen molar-refractivity contribution in [2.75, 3.05) is 0 Å². The Balaban J connectivity index is 1.58. The summed E-state index contributed by atoms with van der Waals surface area (Å²) in [6.07, 6.45) is 1.58. The van der Waals surface area contributed by atoms with Gasteiger partial charge in [0.2, 0.25) is 0 Å². The van der Waals surface area contributed by atoms with Gasteiger partial charge in [-0.3, -0.25) is 9.48 Å². The lowest BCUT2D eigenvalue weighted by Gasteiger charge is -2.15. The Labute approximate surface area is 178 Å². The molecule has 0 aliphatic heterocycles. The van der Waals surface area contributed by atoms with Crippen LogP contribution in [0, 0.1) is 0 Å². The maximum absolute atomic E-state index is 12.5. The molecule has 0 radical (unpaired) electrons. The van der Waals surface area contributed by atoms with E-state index in [2.05, 4.69) is 10.1 Å². The van der Waals surface area contributed by atoms with Crippen LogP contribution in [-0.4, -0.2) is 14.8 Å². The molecule has 31 heavy (non-hydrogen) atoms. The van der Waals surface area contributed by atoms with Crippen LogP contribution in [0.15, 0.2) is 83.8 Å². The fourth-order valence-electron chi connectivity index (χ4n) is 3.67. The number of hydrogen-bond donors (Lipinski definition) is 1. The van der Waals surface area contributed by atoms with Crippen LogP contribution in [0.5, 0.6) is 11.5 Å². The van der Waals surface area contributed by atoms with E-state index in [1.165, 1.54) is 0 Å². The lowest BCUT2D eigenvalue weighted by Crippen LogP contribution is -2.07. The first-order valence-corrected chi connectivity index (χ1v) is 10.0. The lowest BCUT2D eigenvalue weighted by molar-refractivity contribution is 0.256. The number of aromatic amines is 1. The summed E-state index contributed by atoms with van der Waals surface area (Å²) < 4.78 is 14.0. The highest BCUT2D eigenvalue weighted by Crippen LogP contribution is 2.35. The van der Waals surface area contributed by atoms with Crippen molar-refractivity contribution in [3.8, 4) is 11.5 Å². The van der Waals surface area contributed by atoms with E-state index in [0.717, 1.165) is 22.0 Å². The molecule has 0 aliphatic rings. The molecule has 0 aliphatic carbocycles. The van der Waals surface area contributed by atoms with E-state index in [-0.39, 0.29) is 5.56 Å². The Bertz CT molecular complexity index is 1410. The van der Waals surface area contributed by atoms with Crippen molar-refractivity contribution >= 4 is 21.8 Å². The molecule has 0 spiro atoms. The molecule has 0 unspecified atom stereocenters. The van der Waals surface area contributed by atoms with Crippen LogP contribution in [0.3, 0.4) is 0 Å². The summed E-state index contributed by atoms with van der Waals surface area (Å²) in [5.41, 5.74) is 3.37. The van der Waals surface area contributed by atoms with E-state index in [1.54, 1.807) is 10.9 Å². The minimum atomic E-state index is -0.178. The molecule has 2 aromatic heterocycles. The van der Waals surface area contributed by atoms with Gasteiger partial charge in [-0.25, -0.2) is 0 Å².